The maximum Gasteiger partial charge on any atom is 3.00 e. The Kier molecular flexibility index (Phi) is 11.4. The van der Waals surface area contributed by atoms with E-state index in [2.05, 4.69) is 9.97 Å². The number of carbonyl (C=O) groups is 4. The molecule has 12 nitrogen and oxygen atoms in total. The topological polar surface area (TPSA) is 207 Å². The van der Waals surface area contributed by atoms with Crippen molar-refractivity contribution in [3.63, 3.8) is 0 Å². The van der Waals surface area contributed by atoms with E-state index >= 15 is 0 Å². The average Bonchev–Trinajstić information content (AvgIpc) is 3.66. The molecule has 0 aromatic carbocycles. The number of aromatic amines is 2. The van der Waals surface area contributed by atoms with E-state index in [1.54, 1.807) is 0 Å². The van der Waals surface area contributed by atoms with Crippen LogP contribution in [0.4, 0.5) is 0 Å². The zero-order valence-electron chi connectivity index (χ0n) is 27.6. The van der Waals surface area contributed by atoms with Gasteiger partial charge in [-0.05, 0) is 122 Å². The van der Waals surface area contributed by atoms with Gasteiger partial charge < -0.3 is 30.4 Å². The van der Waals surface area contributed by atoms with E-state index in [-0.39, 0.29) is 70.8 Å². The SMILES string of the molecule is CC1=C(CCC(=O)O)c2cc3[nH]c(cc4[nH]c(cc5nc(cc1n2)C(C)=C5CCC(=O)O)c(C)c4CCC(=O)O)c(CCC(=O)O)c3C.[Ru+3]. The van der Waals surface area contributed by atoms with E-state index in [4.69, 9.17) is 9.97 Å². The van der Waals surface area contributed by atoms with Crippen molar-refractivity contribution in [2.45, 2.75) is 79.1 Å². The number of rotatable bonds is 12. The Morgan fingerprint density at radius 3 is 1.20 bits per heavy atom. The average molecular weight is 756 g/mol. The molecule has 0 unspecified atom stereocenters. The third-order valence-corrected chi connectivity index (χ3v) is 9.16. The summed E-state index contributed by atoms with van der Waals surface area (Å²) in [6.07, 6.45) is 0.562. The summed E-state index contributed by atoms with van der Waals surface area (Å²) in [5.41, 5.74) is 11.4. The minimum absolute atomic E-state index is 0. The van der Waals surface area contributed by atoms with Crippen LogP contribution in [-0.2, 0) is 51.5 Å². The first-order chi connectivity index (χ1) is 22.7. The van der Waals surface area contributed by atoms with E-state index in [1.807, 2.05) is 52.0 Å². The number of nitrogens with one attached hydrogen (secondary N) is 2. The first-order valence-corrected chi connectivity index (χ1v) is 15.7. The summed E-state index contributed by atoms with van der Waals surface area (Å²) < 4.78 is 0. The van der Waals surface area contributed by atoms with Gasteiger partial charge in [-0.15, -0.1) is 0 Å². The van der Waals surface area contributed by atoms with Crippen molar-refractivity contribution in [3.8, 4) is 0 Å². The van der Waals surface area contributed by atoms with Crippen molar-refractivity contribution >= 4 is 68.2 Å². The molecule has 0 amide bonds. The number of hydrogen-bond donors (Lipinski definition) is 6. The first-order valence-electron chi connectivity index (χ1n) is 15.7. The number of carboxylic acid groups (broad SMARTS) is 4. The molecule has 5 rings (SSSR count). The van der Waals surface area contributed by atoms with Crippen LogP contribution in [0.3, 0.4) is 0 Å². The predicted molar refractivity (Wildman–Crippen MR) is 181 cm³/mol. The maximum atomic E-state index is 11.6. The summed E-state index contributed by atoms with van der Waals surface area (Å²) in [6, 6.07) is 7.40. The first kappa shape index (κ1) is 36.9. The van der Waals surface area contributed by atoms with E-state index in [0.29, 0.717) is 44.8 Å². The fraction of sp³-hybridized carbons (Fsp3) is 0.333. The molecule has 0 fully saturated rings. The van der Waals surface area contributed by atoms with Crippen molar-refractivity contribution < 1.29 is 59.1 Å². The standard InChI is InChI=1S/C36H38N4O8.Ru/c1-17-21(5-9-33(41)42)29-14-27-19(3)23(7-11-35(45)46)31(39-27)16-32-24(8-12-36(47)48)20(4)28(40-32)15-30-22(6-10-34(43)44)18(2)26(38-30)13-25(17)37-29;/h13-16,39-40H,5-12H2,1-4H3,(H,41,42)(H,43,44)(H,45,46)(H,47,48);/q;+3. The van der Waals surface area contributed by atoms with E-state index in [9.17, 15) is 39.6 Å². The van der Waals surface area contributed by atoms with Crippen LogP contribution in [0.1, 0.15) is 97.4 Å². The van der Waals surface area contributed by atoms with Crippen molar-refractivity contribution in [1.82, 2.24) is 19.9 Å². The fourth-order valence-electron chi connectivity index (χ4n) is 6.42. The van der Waals surface area contributed by atoms with E-state index in [0.717, 1.165) is 44.5 Å². The third-order valence-electron chi connectivity index (χ3n) is 9.16. The Bertz CT molecular complexity index is 1960. The van der Waals surface area contributed by atoms with Crippen molar-refractivity contribution in [2.24, 2.45) is 0 Å². The van der Waals surface area contributed by atoms with Gasteiger partial charge in [0.25, 0.3) is 0 Å². The molecule has 0 aliphatic carbocycles. The number of nitrogens with zero attached hydrogens (tertiary/aromatic N) is 2. The Morgan fingerprint density at radius 2 is 0.857 bits per heavy atom. The second-order valence-corrected chi connectivity index (χ2v) is 12.2. The van der Waals surface area contributed by atoms with Crippen LogP contribution in [0.15, 0.2) is 24.3 Å². The molecule has 3 aromatic heterocycles. The van der Waals surface area contributed by atoms with E-state index in [1.165, 1.54) is 0 Å². The number of fused-ring (bicyclic) bond motifs is 8. The smallest absolute Gasteiger partial charge is 0.481 e. The van der Waals surface area contributed by atoms with Gasteiger partial charge in [-0.3, -0.25) is 19.2 Å². The van der Waals surface area contributed by atoms with Gasteiger partial charge in [-0.2, -0.15) is 0 Å². The summed E-state index contributed by atoms with van der Waals surface area (Å²) in [7, 11) is 0. The summed E-state index contributed by atoms with van der Waals surface area (Å²) in [6.45, 7) is 7.57. The Labute approximate surface area is 294 Å². The van der Waals surface area contributed by atoms with Gasteiger partial charge in [0.05, 0.1) is 22.8 Å². The van der Waals surface area contributed by atoms with Crippen LogP contribution < -0.4 is 0 Å². The van der Waals surface area contributed by atoms with Crippen LogP contribution in [0, 0.1) is 13.8 Å². The second-order valence-electron chi connectivity index (χ2n) is 12.2. The quantitative estimate of drug-likeness (QED) is 0.110. The van der Waals surface area contributed by atoms with Crippen LogP contribution in [0.5, 0.6) is 0 Å². The zero-order chi connectivity index (χ0) is 34.9. The van der Waals surface area contributed by atoms with Crippen molar-refractivity contribution in [3.05, 3.63) is 69.3 Å². The van der Waals surface area contributed by atoms with Gasteiger partial charge in [0.1, 0.15) is 0 Å². The summed E-state index contributed by atoms with van der Waals surface area (Å²) in [5.74, 6) is -3.77. The van der Waals surface area contributed by atoms with Gasteiger partial charge in [-0.1, -0.05) is 0 Å². The molecule has 8 bridgehead atoms. The molecule has 13 heteroatoms. The fourth-order valence-corrected chi connectivity index (χ4v) is 6.42. The Balaban J connectivity index is 0.00000541. The minimum Gasteiger partial charge on any atom is -0.481 e. The van der Waals surface area contributed by atoms with Crippen molar-refractivity contribution in [2.75, 3.05) is 0 Å². The van der Waals surface area contributed by atoms with Crippen LogP contribution in [0.25, 0.3) is 44.4 Å². The number of hydrogen-bond acceptors (Lipinski definition) is 6. The minimum atomic E-state index is -0.944. The molecule has 49 heavy (non-hydrogen) atoms. The molecule has 3 aromatic rings. The Hall–Kier alpha value is -4.90. The Morgan fingerprint density at radius 1 is 0.510 bits per heavy atom. The largest absolute Gasteiger partial charge is 3.00 e. The van der Waals surface area contributed by atoms with Gasteiger partial charge in [0.2, 0.25) is 0 Å². The number of aromatic nitrogens is 4. The normalized spacial score (nSPS) is 12.7. The van der Waals surface area contributed by atoms with Gasteiger partial charge >= 0.3 is 43.4 Å². The summed E-state index contributed by atoms with van der Waals surface area (Å²) >= 11 is 0. The molecular weight excluding hydrogens is 717 g/mol. The van der Waals surface area contributed by atoms with Gasteiger partial charge in [0, 0.05) is 47.8 Å². The summed E-state index contributed by atoms with van der Waals surface area (Å²) in [4.78, 5) is 63.1. The van der Waals surface area contributed by atoms with Crippen LogP contribution in [-0.4, -0.2) is 64.2 Å². The van der Waals surface area contributed by atoms with Crippen LogP contribution >= 0.6 is 0 Å². The molecule has 0 saturated carbocycles. The van der Waals surface area contributed by atoms with Gasteiger partial charge in [-0.25, -0.2) is 9.97 Å². The summed E-state index contributed by atoms with van der Waals surface area (Å²) in [5, 5.41) is 38.0. The second kappa shape index (κ2) is 15.1. The number of aliphatic carboxylic acids is 4. The van der Waals surface area contributed by atoms with Crippen LogP contribution in [0.2, 0.25) is 0 Å². The third kappa shape index (κ3) is 8.05. The zero-order valence-corrected chi connectivity index (χ0v) is 29.4. The number of aryl methyl sites for hydroxylation is 4. The molecule has 2 aliphatic rings. The maximum absolute atomic E-state index is 11.6. The molecule has 1 radical (unpaired) electrons. The van der Waals surface area contributed by atoms with Crippen molar-refractivity contribution in [1.29, 1.82) is 0 Å². The molecular formula is C36H38N4O8Ru+3. The van der Waals surface area contributed by atoms with Gasteiger partial charge in [0.15, 0.2) is 0 Å². The predicted octanol–water partition coefficient (Wildman–Crippen LogP) is 6.55. The molecule has 0 spiro atoms. The molecule has 5 heterocycles. The number of allylic oxidation sites excluding steroid dienone is 4. The molecule has 0 saturated heterocycles. The molecule has 2 aliphatic heterocycles. The monoisotopic (exact) mass is 756 g/mol. The molecule has 255 valence electrons. The molecule has 6 N–H and O–H groups in total. The molecule has 0 atom stereocenters. The number of H-pyrrole nitrogens is 2. The van der Waals surface area contributed by atoms with E-state index < -0.39 is 23.9 Å². The number of carboxylic acids is 4.